The standard InChI is InChI=1S/C17H22N2O6/c1-18(17(23)25-10-4-7-15(20)21)14-6-3-2-5-13(14)16(22)19-8-11-24-12-9-19/h2-3,5-6H,4,7-12H2,1H3,(H,20,21). The summed E-state index contributed by atoms with van der Waals surface area (Å²) in [5, 5.41) is 8.59. The summed E-state index contributed by atoms with van der Waals surface area (Å²) >= 11 is 0. The molecule has 8 nitrogen and oxygen atoms in total. The lowest BCUT2D eigenvalue weighted by atomic mass is 10.1. The van der Waals surface area contributed by atoms with Crippen molar-refractivity contribution in [2.45, 2.75) is 12.8 Å². The molecule has 136 valence electrons. The van der Waals surface area contributed by atoms with Crippen LogP contribution >= 0.6 is 0 Å². The molecular weight excluding hydrogens is 328 g/mol. The number of anilines is 1. The lowest BCUT2D eigenvalue weighted by Crippen LogP contribution is -2.41. The summed E-state index contributed by atoms with van der Waals surface area (Å²) < 4.78 is 10.3. The van der Waals surface area contributed by atoms with E-state index in [-0.39, 0.29) is 25.4 Å². The Morgan fingerprint density at radius 3 is 2.60 bits per heavy atom. The second kappa shape index (κ2) is 9.03. The smallest absolute Gasteiger partial charge is 0.414 e. The minimum Gasteiger partial charge on any atom is -0.481 e. The molecule has 0 unspecified atom stereocenters. The highest BCUT2D eigenvalue weighted by molar-refractivity contribution is 6.03. The number of benzene rings is 1. The van der Waals surface area contributed by atoms with Gasteiger partial charge < -0.3 is 19.5 Å². The molecule has 1 aliphatic heterocycles. The summed E-state index contributed by atoms with van der Waals surface area (Å²) in [6.45, 7) is 2.02. The first-order valence-corrected chi connectivity index (χ1v) is 8.09. The van der Waals surface area contributed by atoms with Gasteiger partial charge in [0, 0.05) is 26.6 Å². The molecule has 0 aromatic heterocycles. The van der Waals surface area contributed by atoms with Crippen LogP contribution in [0.2, 0.25) is 0 Å². The maximum Gasteiger partial charge on any atom is 0.414 e. The van der Waals surface area contributed by atoms with Crippen molar-refractivity contribution >= 4 is 23.7 Å². The fraction of sp³-hybridized carbons (Fsp3) is 0.471. The molecule has 1 aromatic rings. The highest BCUT2D eigenvalue weighted by atomic mass is 16.6. The van der Waals surface area contributed by atoms with E-state index in [1.54, 1.807) is 29.2 Å². The van der Waals surface area contributed by atoms with Crippen LogP contribution < -0.4 is 4.90 Å². The van der Waals surface area contributed by atoms with Crippen LogP contribution in [-0.2, 0) is 14.3 Å². The first-order valence-electron chi connectivity index (χ1n) is 8.09. The van der Waals surface area contributed by atoms with Crippen molar-refractivity contribution in [3.8, 4) is 0 Å². The number of hydrogen-bond donors (Lipinski definition) is 1. The largest absolute Gasteiger partial charge is 0.481 e. The number of carbonyl (C=O) groups excluding carboxylic acids is 2. The summed E-state index contributed by atoms with van der Waals surface area (Å²) in [7, 11) is 1.52. The van der Waals surface area contributed by atoms with Crippen molar-refractivity contribution in [3.05, 3.63) is 29.8 Å². The van der Waals surface area contributed by atoms with Crippen LogP contribution in [0.4, 0.5) is 10.5 Å². The average Bonchev–Trinajstić information content (AvgIpc) is 2.64. The van der Waals surface area contributed by atoms with Gasteiger partial charge in [-0.25, -0.2) is 4.79 Å². The first kappa shape index (κ1) is 18.7. The van der Waals surface area contributed by atoms with Crippen molar-refractivity contribution in [1.82, 2.24) is 4.90 Å². The summed E-state index contributed by atoms with van der Waals surface area (Å²) in [4.78, 5) is 38.3. The molecule has 0 atom stereocenters. The molecule has 1 aromatic carbocycles. The van der Waals surface area contributed by atoms with Crippen LogP contribution in [0.15, 0.2) is 24.3 Å². The summed E-state index contributed by atoms with van der Waals surface area (Å²) in [6, 6.07) is 6.82. The Balaban J connectivity index is 2.04. The summed E-state index contributed by atoms with van der Waals surface area (Å²) in [5.74, 6) is -1.10. The molecule has 0 saturated carbocycles. The number of morpholine rings is 1. The average molecular weight is 350 g/mol. The molecule has 1 fully saturated rings. The van der Waals surface area contributed by atoms with Gasteiger partial charge in [0.2, 0.25) is 0 Å². The zero-order chi connectivity index (χ0) is 18.2. The van der Waals surface area contributed by atoms with E-state index in [1.807, 2.05) is 0 Å². The van der Waals surface area contributed by atoms with Gasteiger partial charge in [-0.05, 0) is 18.6 Å². The summed E-state index contributed by atoms with van der Waals surface area (Å²) in [6.07, 6.45) is -0.459. The molecular formula is C17H22N2O6. The van der Waals surface area contributed by atoms with Crippen LogP contribution in [0.1, 0.15) is 23.2 Å². The normalized spacial score (nSPS) is 14.0. The Morgan fingerprint density at radius 1 is 1.24 bits per heavy atom. The number of aliphatic carboxylic acids is 1. The monoisotopic (exact) mass is 350 g/mol. The molecule has 0 bridgehead atoms. The van der Waals surface area contributed by atoms with Crippen LogP contribution in [0.5, 0.6) is 0 Å². The molecule has 0 spiro atoms. The minimum absolute atomic E-state index is 0.00898. The zero-order valence-electron chi connectivity index (χ0n) is 14.1. The minimum atomic E-state index is -0.939. The van der Waals surface area contributed by atoms with Gasteiger partial charge >= 0.3 is 12.1 Å². The van der Waals surface area contributed by atoms with Gasteiger partial charge in [-0.15, -0.1) is 0 Å². The van der Waals surface area contributed by atoms with E-state index in [0.717, 1.165) is 0 Å². The van der Waals surface area contributed by atoms with Crippen LogP contribution in [0, 0.1) is 0 Å². The number of carbonyl (C=O) groups is 3. The fourth-order valence-corrected chi connectivity index (χ4v) is 2.46. The Bertz CT molecular complexity index is 627. The maximum atomic E-state index is 12.7. The van der Waals surface area contributed by atoms with E-state index in [2.05, 4.69) is 0 Å². The molecule has 1 aliphatic rings. The second-order valence-electron chi connectivity index (χ2n) is 5.59. The molecule has 1 N–H and O–H groups in total. The van der Waals surface area contributed by atoms with E-state index in [9.17, 15) is 14.4 Å². The van der Waals surface area contributed by atoms with E-state index in [0.29, 0.717) is 37.6 Å². The van der Waals surface area contributed by atoms with Gasteiger partial charge in [0.05, 0.1) is 31.1 Å². The first-order chi connectivity index (χ1) is 12.0. The van der Waals surface area contributed by atoms with Crippen molar-refractivity contribution in [2.24, 2.45) is 0 Å². The predicted octanol–water partition coefficient (Wildman–Crippen LogP) is 1.60. The van der Waals surface area contributed by atoms with Gasteiger partial charge in [0.25, 0.3) is 5.91 Å². The number of para-hydroxylation sites is 1. The van der Waals surface area contributed by atoms with Crippen LogP contribution in [0.25, 0.3) is 0 Å². The fourth-order valence-electron chi connectivity index (χ4n) is 2.46. The van der Waals surface area contributed by atoms with Gasteiger partial charge in [-0.1, -0.05) is 12.1 Å². The zero-order valence-corrected chi connectivity index (χ0v) is 14.1. The highest BCUT2D eigenvalue weighted by Crippen LogP contribution is 2.22. The highest BCUT2D eigenvalue weighted by Gasteiger charge is 2.24. The van der Waals surface area contributed by atoms with E-state index in [4.69, 9.17) is 14.6 Å². The third kappa shape index (κ3) is 5.18. The molecule has 0 radical (unpaired) electrons. The van der Waals surface area contributed by atoms with Crippen LogP contribution in [0.3, 0.4) is 0 Å². The topological polar surface area (TPSA) is 96.4 Å². The second-order valence-corrected chi connectivity index (χ2v) is 5.59. The molecule has 1 saturated heterocycles. The van der Waals surface area contributed by atoms with Crippen molar-refractivity contribution in [2.75, 3.05) is 44.9 Å². The lowest BCUT2D eigenvalue weighted by molar-refractivity contribution is -0.137. The Hall–Kier alpha value is -2.61. The van der Waals surface area contributed by atoms with Gasteiger partial charge in [0.15, 0.2) is 0 Å². The quantitative estimate of drug-likeness (QED) is 0.783. The van der Waals surface area contributed by atoms with Crippen molar-refractivity contribution < 1.29 is 29.0 Å². The third-order valence-electron chi connectivity index (χ3n) is 3.83. The number of rotatable bonds is 6. The van der Waals surface area contributed by atoms with Gasteiger partial charge in [-0.3, -0.25) is 14.5 Å². The van der Waals surface area contributed by atoms with Crippen molar-refractivity contribution in [3.63, 3.8) is 0 Å². The van der Waals surface area contributed by atoms with E-state index < -0.39 is 12.1 Å². The van der Waals surface area contributed by atoms with E-state index >= 15 is 0 Å². The van der Waals surface area contributed by atoms with E-state index in [1.165, 1.54) is 11.9 Å². The van der Waals surface area contributed by atoms with Gasteiger partial charge in [0.1, 0.15) is 0 Å². The summed E-state index contributed by atoms with van der Waals surface area (Å²) in [5.41, 5.74) is 0.858. The lowest BCUT2D eigenvalue weighted by Gasteiger charge is -2.28. The Labute approximate surface area is 145 Å². The third-order valence-corrected chi connectivity index (χ3v) is 3.83. The molecule has 25 heavy (non-hydrogen) atoms. The van der Waals surface area contributed by atoms with Gasteiger partial charge in [-0.2, -0.15) is 0 Å². The molecule has 0 aliphatic carbocycles. The Kier molecular flexibility index (Phi) is 6.76. The van der Waals surface area contributed by atoms with Crippen LogP contribution in [-0.4, -0.2) is 67.9 Å². The number of hydrogen-bond acceptors (Lipinski definition) is 5. The molecule has 8 heteroatoms. The number of carboxylic acids is 1. The molecule has 2 amide bonds. The number of carboxylic acid groups (broad SMARTS) is 1. The number of amides is 2. The molecule has 1 heterocycles. The maximum absolute atomic E-state index is 12.7. The molecule has 2 rings (SSSR count). The number of nitrogens with zero attached hydrogens (tertiary/aromatic N) is 2. The number of ether oxygens (including phenoxy) is 2. The Morgan fingerprint density at radius 2 is 1.92 bits per heavy atom. The van der Waals surface area contributed by atoms with Crippen molar-refractivity contribution in [1.29, 1.82) is 0 Å². The predicted molar refractivity (Wildman–Crippen MR) is 89.8 cm³/mol. The SMILES string of the molecule is CN(C(=O)OCCCC(=O)O)c1ccccc1C(=O)N1CCOCC1.